The van der Waals surface area contributed by atoms with Crippen LogP contribution in [0.5, 0.6) is 0 Å². The maximum Gasteiger partial charge on any atom is 0.407 e. The van der Waals surface area contributed by atoms with E-state index < -0.39 is 18.1 Å². The van der Waals surface area contributed by atoms with Gasteiger partial charge in [0.05, 0.1) is 6.61 Å². The predicted octanol–water partition coefficient (Wildman–Crippen LogP) is 0.708. The predicted molar refractivity (Wildman–Crippen MR) is 66.9 cm³/mol. The summed E-state index contributed by atoms with van der Waals surface area (Å²) in [5.41, 5.74) is 5.33. The molecule has 0 aromatic heterocycles. The average Bonchev–Trinajstić information content (AvgIpc) is 2.33. The molecule has 0 heterocycles. The topological polar surface area (TPSA) is 102 Å². The van der Waals surface area contributed by atoms with Gasteiger partial charge in [-0.1, -0.05) is 0 Å². The summed E-state index contributed by atoms with van der Waals surface area (Å²) in [7, 11) is 0. The first-order valence-electron chi connectivity index (χ1n) is 5.90. The summed E-state index contributed by atoms with van der Waals surface area (Å²) in [5.74, 6) is 1.45. The molecule has 0 bridgehead atoms. The first-order valence-corrected chi connectivity index (χ1v) is 5.90. The van der Waals surface area contributed by atoms with E-state index in [0.29, 0.717) is 45.3 Å². The summed E-state index contributed by atoms with van der Waals surface area (Å²) in [6, 6.07) is -0.833. The molecule has 0 aliphatic carbocycles. The molecule has 6 heteroatoms. The molecule has 0 aliphatic heterocycles. The number of hydrogen-bond donors (Lipinski definition) is 3. The lowest BCUT2D eigenvalue weighted by Gasteiger charge is -2.07. The molecule has 0 saturated carbocycles. The number of carbonyl (C=O) groups excluding carboxylic acids is 1. The van der Waals surface area contributed by atoms with Crippen molar-refractivity contribution < 1.29 is 19.4 Å². The number of hydrogen-bond acceptors (Lipinski definition) is 4. The summed E-state index contributed by atoms with van der Waals surface area (Å²) in [4.78, 5) is 21.5. The quantitative estimate of drug-likeness (QED) is 0.416. The van der Waals surface area contributed by atoms with Crippen molar-refractivity contribution >= 4 is 12.1 Å². The van der Waals surface area contributed by atoms with Crippen molar-refractivity contribution in [3.63, 3.8) is 0 Å². The molecule has 0 aliphatic rings. The van der Waals surface area contributed by atoms with E-state index in [-0.39, 0.29) is 0 Å². The van der Waals surface area contributed by atoms with Crippen LogP contribution < -0.4 is 11.1 Å². The van der Waals surface area contributed by atoms with Gasteiger partial charge in [0.1, 0.15) is 6.04 Å². The number of nitrogens with two attached hydrogens (primary N) is 1. The standard InChI is InChI=1S/C12H20N2O4/c1-2-3-6-9-18-12(17)14-8-5-4-7-10(13)11(15)16/h1,10H,3-9,13H2,(H,14,17)(H,15,16)/t10-/m0/s1. The highest BCUT2D eigenvalue weighted by Crippen LogP contribution is 1.98. The Balaban J connectivity index is 3.36. The molecule has 0 aromatic carbocycles. The van der Waals surface area contributed by atoms with Crippen molar-refractivity contribution in [3.05, 3.63) is 0 Å². The Morgan fingerprint density at radius 1 is 1.39 bits per heavy atom. The highest BCUT2D eigenvalue weighted by Gasteiger charge is 2.10. The molecule has 0 aromatic rings. The molecule has 0 spiro atoms. The number of aliphatic carboxylic acids is 1. The van der Waals surface area contributed by atoms with Crippen molar-refractivity contribution in [2.45, 2.75) is 38.1 Å². The van der Waals surface area contributed by atoms with E-state index in [1.807, 2.05) is 0 Å². The molecule has 0 fully saturated rings. The number of alkyl carbamates (subject to hydrolysis) is 1. The zero-order chi connectivity index (χ0) is 13.8. The molecular weight excluding hydrogens is 236 g/mol. The van der Waals surface area contributed by atoms with Crippen LogP contribution in [0.1, 0.15) is 32.1 Å². The molecule has 1 amide bonds. The van der Waals surface area contributed by atoms with Crippen molar-refractivity contribution in [2.24, 2.45) is 5.73 Å². The van der Waals surface area contributed by atoms with Gasteiger partial charge in [-0.05, 0) is 25.7 Å². The van der Waals surface area contributed by atoms with Gasteiger partial charge in [-0.3, -0.25) is 4.79 Å². The van der Waals surface area contributed by atoms with E-state index in [1.54, 1.807) is 0 Å². The van der Waals surface area contributed by atoms with E-state index in [9.17, 15) is 9.59 Å². The second-order valence-corrected chi connectivity index (χ2v) is 3.81. The van der Waals surface area contributed by atoms with E-state index in [2.05, 4.69) is 11.2 Å². The van der Waals surface area contributed by atoms with Gasteiger partial charge in [-0.15, -0.1) is 12.3 Å². The lowest BCUT2D eigenvalue weighted by Crippen LogP contribution is -2.30. The number of unbranched alkanes of at least 4 members (excludes halogenated alkanes) is 2. The fourth-order valence-corrected chi connectivity index (χ4v) is 1.19. The van der Waals surface area contributed by atoms with Crippen LogP contribution in [-0.4, -0.2) is 36.4 Å². The monoisotopic (exact) mass is 256 g/mol. The molecule has 0 rings (SSSR count). The third-order valence-electron chi connectivity index (χ3n) is 2.23. The van der Waals surface area contributed by atoms with Gasteiger partial charge in [-0.25, -0.2) is 4.79 Å². The number of amides is 1. The number of carboxylic acids is 1. The largest absolute Gasteiger partial charge is 0.480 e. The fourth-order valence-electron chi connectivity index (χ4n) is 1.19. The Kier molecular flexibility index (Phi) is 9.41. The van der Waals surface area contributed by atoms with Crippen molar-refractivity contribution in [3.8, 4) is 12.3 Å². The van der Waals surface area contributed by atoms with E-state index >= 15 is 0 Å². The van der Waals surface area contributed by atoms with Gasteiger partial charge in [0, 0.05) is 13.0 Å². The van der Waals surface area contributed by atoms with Crippen LogP contribution >= 0.6 is 0 Å². The smallest absolute Gasteiger partial charge is 0.407 e. The molecule has 0 saturated heterocycles. The Morgan fingerprint density at radius 2 is 2.11 bits per heavy atom. The number of terminal acetylenes is 1. The molecule has 0 unspecified atom stereocenters. The van der Waals surface area contributed by atoms with Gasteiger partial charge in [0.2, 0.25) is 0 Å². The molecule has 6 nitrogen and oxygen atoms in total. The van der Waals surface area contributed by atoms with Gasteiger partial charge < -0.3 is 20.9 Å². The third kappa shape index (κ3) is 9.48. The van der Waals surface area contributed by atoms with Crippen molar-refractivity contribution in [1.29, 1.82) is 0 Å². The molecule has 1 atom stereocenters. The minimum Gasteiger partial charge on any atom is -0.480 e. The van der Waals surface area contributed by atoms with E-state index in [0.717, 1.165) is 0 Å². The van der Waals surface area contributed by atoms with Gasteiger partial charge >= 0.3 is 12.1 Å². The summed E-state index contributed by atoms with van der Waals surface area (Å²) in [6.07, 6.45) is 7.51. The maximum absolute atomic E-state index is 11.1. The average molecular weight is 256 g/mol. The van der Waals surface area contributed by atoms with Crippen molar-refractivity contribution in [2.75, 3.05) is 13.2 Å². The second kappa shape index (κ2) is 10.4. The molecule has 4 N–H and O–H groups in total. The lowest BCUT2D eigenvalue weighted by molar-refractivity contribution is -0.138. The summed E-state index contributed by atoms with van der Waals surface area (Å²) < 4.78 is 4.85. The fraction of sp³-hybridized carbons (Fsp3) is 0.667. The van der Waals surface area contributed by atoms with Crippen LogP contribution in [0.4, 0.5) is 4.79 Å². The molecular formula is C12H20N2O4. The first-order chi connectivity index (χ1) is 8.57. The van der Waals surface area contributed by atoms with Gasteiger partial charge in [0.25, 0.3) is 0 Å². The highest BCUT2D eigenvalue weighted by molar-refractivity contribution is 5.72. The SMILES string of the molecule is C#CCCCOC(=O)NCCCC[C@H](N)C(=O)O. The zero-order valence-electron chi connectivity index (χ0n) is 10.4. The summed E-state index contributed by atoms with van der Waals surface area (Å²) in [6.45, 7) is 0.750. The Bertz CT molecular complexity index is 299. The minimum atomic E-state index is -1.00. The zero-order valence-corrected chi connectivity index (χ0v) is 10.4. The number of rotatable bonds is 9. The van der Waals surface area contributed by atoms with Crippen LogP contribution in [0.25, 0.3) is 0 Å². The Labute approximate surface area is 107 Å². The molecule has 18 heavy (non-hydrogen) atoms. The first kappa shape index (κ1) is 16.3. The normalized spacial score (nSPS) is 11.3. The number of ether oxygens (including phenoxy) is 1. The third-order valence-corrected chi connectivity index (χ3v) is 2.23. The van der Waals surface area contributed by atoms with Crippen molar-refractivity contribution in [1.82, 2.24) is 5.32 Å². The maximum atomic E-state index is 11.1. The van der Waals surface area contributed by atoms with Gasteiger partial charge in [0.15, 0.2) is 0 Å². The van der Waals surface area contributed by atoms with Crippen LogP contribution in [0, 0.1) is 12.3 Å². The number of carbonyl (C=O) groups is 2. The molecule has 0 radical (unpaired) electrons. The van der Waals surface area contributed by atoms with E-state index in [1.165, 1.54) is 0 Å². The lowest BCUT2D eigenvalue weighted by atomic mass is 10.1. The molecule has 102 valence electrons. The Hall–Kier alpha value is -1.74. The summed E-state index contributed by atoms with van der Waals surface area (Å²) in [5, 5.41) is 11.1. The van der Waals surface area contributed by atoms with Gasteiger partial charge in [-0.2, -0.15) is 0 Å². The van der Waals surface area contributed by atoms with E-state index in [4.69, 9.17) is 22.0 Å². The van der Waals surface area contributed by atoms with Crippen LogP contribution in [0.3, 0.4) is 0 Å². The number of nitrogens with one attached hydrogen (secondary N) is 1. The number of carboxylic acid groups (broad SMARTS) is 1. The second-order valence-electron chi connectivity index (χ2n) is 3.81. The Morgan fingerprint density at radius 3 is 2.72 bits per heavy atom. The highest BCUT2D eigenvalue weighted by atomic mass is 16.5. The van der Waals surface area contributed by atoms with Crippen LogP contribution in [-0.2, 0) is 9.53 Å². The summed E-state index contributed by atoms with van der Waals surface area (Å²) >= 11 is 0. The van der Waals surface area contributed by atoms with Crippen LogP contribution in [0.2, 0.25) is 0 Å². The minimum absolute atomic E-state index is 0.305. The van der Waals surface area contributed by atoms with Crippen LogP contribution in [0.15, 0.2) is 0 Å².